The number of methoxy groups -OCH3 is 1. The lowest BCUT2D eigenvalue weighted by molar-refractivity contribution is 0.103. The van der Waals surface area contributed by atoms with Gasteiger partial charge in [0.05, 0.1) is 25.5 Å². The number of aromatic amines is 1. The van der Waals surface area contributed by atoms with Crippen LogP contribution in [0.15, 0.2) is 54.9 Å². The van der Waals surface area contributed by atoms with Crippen LogP contribution in [0.4, 0.5) is 4.39 Å². The Hall–Kier alpha value is -3.58. The molecule has 2 aromatic carbocycles. The molecule has 0 amide bonds. The molecule has 8 heteroatoms. The van der Waals surface area contributed by atoms with E-state index >= 15 is 0 Å². The Labute approximate surface area is 188 Å². The molecule has 4 rings (SSSR count). The third kappa shape index (κ3) is 4.24. The first-order valence-electron chi connectivity index (χ1n) is 9.90. The molecule has 164 valence electrons. The number of para-hydroxylation sites is 1. The number of fused-ring (bicyclic) bond motifs is 1. The normalized spacial score (nSPS) is 10.9. The summed E-state index contributed by atoms with van der Waals surface area (Å²) in [6, 6.07) is 11.1. The molecule has 2 aromatic heterocycles. The summed E-state index contributed by atoms with van der Waals surface area (Å²) in [5, 5.41) is 0.935. The van der Waals surface area contributed by atoms with E-state index in [1.54, 1.807) is 48.8 Å². The third-order valence-electron chi connectivity index (χ3n) is 4.90. The second-order valence-electron chi connectivity index (χ2n) is 6.89. The van der Waals surface area contributed by atoms with Crippen LogP contribution in [0, 0.1) is 5.82 Å². The Balaban J connectivity index is 1.69. The van der Waals surface area contributed by atoms with Crippen LogP contribution in [0.25, 0.3) is 11.0 Å². The minimum absolute atomic E-state index is 0.0467. The Morgan fingerprint density at radius 3 is 2.75 bits per heavy atom. The zero-order valence-corrected chi connectivity index (χ0v) is 18.2. The van der Waals surface area contributed by atoms with Crippen molar-refractivity contribution in [3.63, 3.8) is 0 Å². The maximum Gasteiger partial charge on any atom is 0.199 e. The highest BCUT2D eigenvalue weighted by Crippen LogP contribution is 2.35. The monoisotopic (exact) mass is 454 g/mol. The maximum atomic E-state index is 14.1. The average molecular weight is 455 g/mol. The van der Waals surface area contributed by atoms with Crippen molar-refractivity contribution in [3.8, 4) is 17.2 Å². The minimum Gasteiger partial charge on any atom is -0.495 e. The van der Waals surface area contributed by atoms with Gasteiger partial charge >= 0.3 is 0 Å². The first-order valence-corrected chi connectivity index (χ1v) is 10.3. The van der Waals surface area contributed by atoms with Crippen LogP contribution in [0.3, 0.4) is 0 Å². The molecule has 0 bridgehead atoms. The first-order chi connectivity index (χ1) is 15.5. The molecule has 0 aliphatic heterocycles. The molecule has 0 unspecified atom stereocenters. The van der Waals surface area contributed by atoms with Crippen LogP contribution in [-0.4, -0.2) is 29.5 Å². The summed E-state index contributed by atoms with van der Waals surface area (Å²) in [6.07, 6.45) is 3.18. The molecule has 0 aliphatic rings. The van der Waals surface area contributed by atoms with Crippen LogP contribution in [0.1, 0.15) is 28.4 Å². The van der Waals surface area contributed by atoms with Crippen molar-refractivity contribution in [3.05, 3.63) is 82.4 Å². The summed E-state index contributed by atoms with van der Waals surface area (Å²) in [5.74, 6) is 0.432. The number of hydrogen-bond acceptors (Lipinski definition) is 5. The number of H-pyrrole nitrogens is 1. The summed E-state index contributed by atoms with van der Waals surface area (Å²) in [5.41, 5.74) is 1.65. The number of halogens is 2. The lowest BCUT2D eigenvalue weighted by Crippen LogP contribution is -2.08. The summed E-state index contributed by atoms with van der Waals surface area (Å²) in [7, 11) is 1.54. The molecule has 0 spiro atoms. The van der Waals surface area contributed by atoms with Crippen molar-refractivity contribution < 1.29 is 23.4 Å². The van der Waals surface area contributed by atoms with Crippen LogP contribution >= 0.6 is 11.6 Å². The van der Waals surface area contributed by atoms with Crippen molar-refractivity contribution in [2.75, 3.05) is 13.7 Å². The zero-order chi connectivity index (χ0) is 22.7. The van der Waals surface area contributed by atoms with Crippen LogP contribution < -0.4 is 14.2 Å². The smallest absolute Gasteiger partial charge is 0.199 e. The van der Waals surface area contributed by atoms with E-state index in [1.807, 2.05) is 6.92 Å². The van der Waals surface area contributed by atoms with Gasteiger partial charge in [-0.25, -0.2) is 9.37 Å². The predicted octanol–water partition coefficient (Wildman–Crippen LogP) is 5.57. The molecule has 2 heterocycles. The zero-order valence-electron chi connectivity index (χ0n) is 17.4. The van der Waals surface area contributed by atoms with Gasteiger partial charge in [-0.05, 0) is 37.3 Å². The van der Waals surface area contributed by atoms with Crippen molar-refractivity contribution in [1.29, 1.82) is 0 Å². The Morgan fingerprint density at radius 2 is 2.00 bits per heavy atom. The Bertz CT molecular complexity index is 1290. The van der Waals surface area contributed by atoms with E-state index in [-0.39, 0.29) is 12.4 Å². The molecular formula is C24H20ClFN2O4. The molecule has 0 saturated carbocycles. The number of ether oxygens (including phenoxy) is 3. The summed E-state index contributed by atoms with van der Waals surface area (Å²) >= 11 is 5.81. The van der Waals surface area contributed by atoms with Crippen molar-refractivity contribution in [1.82, 2.24) is 9.97 Å². The Kier molecular flexibility index (Phi) is 6.28. The summed E-state index contributed by atoms with van der Waals surface area (Å²) in [4.78, 5) is 20.7. The van der Waals surface area contributed by atoms with Gasteiger partial charge in [-0.2, -0.15) is 0 Å². The molecule has 0 atom stereocenters. The molecule has 0 saturated heterocycles. The fourth-order valence-electron chi connectivity index (χ4n) is 3.32. The number of carbonyl (C=O) groups is 1. The molecule has 6 nitrogen and oxygen atoms in total. The summed E-state index contributed by atoms with van der Waals surface area (Å²) < 4.78 is 31.0. The van der Waals surface area contributed by atoms with Gasteiger partial charge in [0.1, 0.15) is 23.8 Å². The number of nitrogens with zero attached hydrogens (tertiary/aromatic N) is 1. The van der Waals surface area contributed by atoms with Crippen LogP contribution in [0.2, 0.25) is 5.02 Å². The first kappa shape index (κ1) is 21.6. The van der Waals surface area contributed by atoms with E-state index in [0.29, 0.717) is 56.6 Å². The third-order valence-corrected chi connectivity index (χ3v) is 5.13. The van der Waals surface area contributed by atoms with E-state index in [4.69, 9.17) is 25.8 Å². The Morgan fingerprint density at radius 1 is 1.16 bits per heavy atom. The lowest BCUT2D eigenvalue weighted by Gasteiger charge is -2.15. The topological polar surface area (TPSA) is 73.4 Å². The molecule has 0 aliphatic carbocycles. The van der Waals surface area contributed by atoms with Crippen LogP contribution in [0.5, 0.6) is 17.2 Å². The number of pyridine rings is 1. The van der Waals surface area contributed by atoms with Gasteiger partial charge in [0.15, 0.2) is 17.3 Å². The van der Waals surface area contributed by atoms with Gasteiger partial charge in [0.2, 0.25) is 0 Å². The number of benzene rings is 2. The molecule has 4 aromatic rings. The highest BCUT2D eigenvalue weighted by molar-refractivity contribution is 6.30. The number of aromatic nitrogens is 2. The second kappa shape index (κ2) is 9.28. The predicted molar refractivity (Wildman–Crippen MR) is 119 cm³/mol. The fourth-order valence-corrected chi connectivity index (χ4v) is 3.48. The van der Waals surface area contributed by atoms with E-state index in [1.165, 1.54) is 13.2 Å². The largest absolute Gasteiger partial charge is 0.495 e. The SMILES string of the molecule is CCOc1c(OCc2ccc(Cl)cc2F)cccc1C(=O)c1c[nH]c2ncc(OC)cc12. The van der Waals surface area contributed by atoms with E-state index in [9.17, 15) is 9.18 Å². The number of carbonyl (C=O) groups excluding carboxylic acids is 1. The van der Waals surface area contributed by atoms with Crippen molar-refractivity contribution >= 4 is 28.4 Å². The fraction of sp³-hybridized carbons (Fsp3) is 0.167. The van der Waals surface area contributed by atoms with Crippen molar-refractivity contribution in [2.45, 2.75) is 13.5 Å². The minimum atomic E-state index is -0.470. The van der Waals surface area contributed by atoms with Crippen LogP contribution in [-0.2, 0) is 6.61 Å². The number of rotatable bonds is 8. The number of ketones is 1. The van der Waals surface area contributed by atoms with Gasteiger partial charge in [-0.1, -0.05) is 23.7 Å². The molecule has 32 heavy (non-hydrogen) atoms. The van der Waals surface area contributed by atoms with Gasteiger partial charge in [0.25, 0.3) is 0 Å². The highest BCUT2D eigenvalue weighted by Gasteiger charge is 2.22. The quantitative estimate of drug-likeness (QED) is 0.352. The second-order valence-corrected chi connectivity index (χ2v) is 7.33. The summed E-state index contributed by atoms with van der Waals surface area (Å²) in [6.45, 7) is 2.08. The van der Waals surface area contributed by atoms with E-state index < -0.39 is 5.82 Å². The van der Waals surface area contributed by atoms with E-state index in [0.717, 1.165) is 0 Å². The average Bonchev–Trinajstić information content (AvgIpc) is 3.22. The van der Waals surface area contributed by atoms with Gasteiger partial charge in [-0.3, -0.25) is 4.79 Å². The van der Waals surface area contributed by atoms with Crippen molar-refractivity contribution in [2.24, 2.45) is 0 Å². The molecular weight excluding hydrogens is 435 g/mol. The molecule has 0 fully saturated rings. The maximum absolute atomic E-state index is 14.1. The van der Waals surface area contributed by atoms with Gasteiger partial charge in [0, 0.05) is 27.7 Å². The molecule has 1 N–H and O–H groups in total. The van der Waals surface area contributed by atoms with Gasteiger partial charge < -0.3 is 19.2 Å². The highest BCUT2D eigenvalue weighted by atomic mass is 35.5. The lowest BCUT2D eigenvalue weighted by atomic mass is 10.0. The molecule has 0 radical (unpaired) electrons. The van der Waals surface area contributed by atoms with Gasteiger partial charge in [-0.15, -0.1) is 0 Å². The number of hydrogen-bond donors (Lipinski definition) is 1. The standard InChI is InChI=1S/C24H20ClFN2O4/c1-3-31-23-17(22(29)19-12-28-24-18(19)10-16(30-2)11-27-24)5-4-6-21(23)32-13-14-7-8-15(25)9-20(14)26/h4-12H,3,13H2,1-2H3,(H,27,28). The van der Waals surface area contributed by atoms with E-state index in [2.05, 4.69) is 9.97 Å². The number of nitrogens with one attached hydrogen (secondary N) is 1.